The van der Waals surface area contributed by atoms with Gasteiger partial charge in [0.1, 0.15) is 5.60 Å². The quantitative estimate of drug-likeness (QED) is 0.719. The van der Waals surface area contributed by atoms with E-state index in [-0.39, 0.29) is 23.8 Å². The normalized spacial score (nSPS) is 15.5. The lowest BCUT2D eigenvalue weighted by atomic mass is 9.99. The van der Waals surface area contributed by atoms with Crippen LogP contribution in [0, 0.1) is 5.92 Å². The van der Waals surface area contributed by atoms with Gasteiger partial charge in [0.05, 0.1) is 0 Å². The number of carbonyl (C=O) groups excluding carboxylic acids is 3. The number of benzene rings is 2. The van der Waals surface area contributed by atoms with Crippen LogP contribution in [0.5, 0.6) is 0 Å². The van der Waals surface area contributed by atoms with E-state index in [9.17, 15) is 14.4 Å². The molecule has 1 saturated heterocycles. The molecule has 0 spiro atoms. The molecule has 2 aromatic carbocycles. The second kappa shape index (κ2) is 9.49. The zero-order valence-corrected chi connectivity index (χ0v) is 20.4. The third-order valence-corrected chi connectivity index (χ3v) is 6.22. The average Bonchev–Trinajstić information content (AvgIpc) is 3.19. The standard InChI is InChI=1S/C27H33N3O4/c1-5-24(31)30-13-12-22-14-21(10-11-23(22)30)19-6-8-20(9-7-19)25(32)28-15-18-16-29(17-18)26(33)34-27(2,3)4/h6-11,14,18H,5,12-13,15-17H2,1-4H3,(H,28,32). The monoisotopic (exact) mass is 463 g/mol. The van der Waals surface area contributed by atoms with E-state index in [1.807, 2.05) is 69.0 Å². The van der Waals surface area contributed by atoms with Crippen molar-refractivity contribution >= 4 is 23.6 Å². The summed E-state index contributed by atoms with van der Waals surface area (Å²) in [6.45, 7) is 9.88. The van der Waals surface area contributed by atoms with Crippen molar-refractivity contribution < 1.29 is 19.1 Å². The number of hydrogen-bond donors (Lipinski definition) is 1. The van der Waals surface area contributed by atoms with E-state index >= 15 is 0 Å². The summed E-state index contributed by atoms with van der Waals surface area (Å²) in [6, 6.07) is 13.8. The van der Waals surface area contributed by atoms with Crippen molar-refractivity contribution in [2.45, 2.75) is 46.1 Å². The summed E-state index contributed by atoms with van der Waals surface area (Å²) in [5.74, 6) is 0.271. The van der Waals surface area contributed by atoms with Crippen LogP contribution in [0.25, 0.3) is 11.1 Å². The van der Waals surface area contributed by atoms with E-state index in [1.165, 1.54) is 5.56 Å². The van der Waals surface area contributed by atoms with Crippen molar-refractivity contribution in [1.82, 2.24) is 10.2 Å². The van der Waals surface area contributed by atoms with Crippen LogP contribution in [0.3, 0.4) is 0 Å². The largest absolute Gasteiger partial charge is 0.444 e. The Balaban J connectivity index is 1.29. The number of anilines is 1. The van der Waals surface area contributed by atoms with Gasteiger partial charge in [0.15, 0.2) is 0 Å². The van der Waals surface area contributed by atoms with Crippen LogP contribution < -0.4 is 10.2 Å². The highest BCUT2D eigenvalue weighted by Crippen LogP contribution is 2.33. The summed E-state index contributed by atoms with van der Waals surface area (Å²) < 4.78 is 5.36. The smallest absolute Gasteiger partial charge is 0.410 e. The minimum atomic E-state index is -0.503. The molecule has 180 valence electrons. The first-order valence-corrected chi connectivity index (χ1v) is 11.9. The van der Waals surface area contributed by atoms with Gasteiger partial charge >= 0.3 is 6.09 Å². The van der Waals surface area contributed by atoms with Crippen molar-refractivity contribution in [1.29, 1.82) is 0 Å². The fourth-order valence-electron chi connectivity index (χ4n) is 4.36. The number of fused-ring (bicyclic) bond motifs is 1. The Labute approximate surface area is 201 Å². The number of ether oxygens (including phenoxy) is 1. The fourth-order valence-corrected chi connectivity index (χ4v) is 4.36. The third kappa shape index (κ3) is 5.24. The number of rotatable bonds is 5. The highest BCUT2D eigenvalue weighted by Gasteiger charge is 2.33. The van der Waals surface area contributed by atoms with Crippen LogP contribution >= 0.6 is 0 Å². The van der Waals surface area contributed by atoms with Crippen LogP contribution in [0.2, 0.25) is 0 Å². The molecule has 2 aliphatic heterocycles. The average molecular weight is 464 g/mol. The SMILES string of the molecule is CCC(=O)N1CCc2cc(-c3ccc(C(=O)NCC4CN(C(=O)OC(C)(C)C)C4)cc3)ccc21. The molecule has 0 aliphatic carbocycles. The van der Waals surface area contributed by atoms with Gasteiger partial charge in [-0.25, -0.2) is 4.79 Å². The molecule has 2 aromatic rings. The maximum atomic E-state index is 12.6. The van der Waals surface area contributed by atoms with Gasteiger partial charge in [-0.1, -0.05) is 25.1 Å². The molecule has 0 aromatic heterocycles. The highest BCUT2D eigenvalue weighted by atomic mass is 16.6. The Hall–Kier alpha value is -3.35. The van der Waals surface area contributed by atoms with E-state index in [2.05, 4.69) is 11.4 Å². The predicted octanol–water partition coefficient (Wildman–Crippen LogP) is 4.25. The van der Waals surface area contributed by atoms with Gasteiger partial charge in [0.25, 0.3) is 5.91 Å². The minimum Gasteiger partial charge on any atom is -0.444 e. The molecule has 0 radical (unpaired) electrons. The molecule has 0 unspecified atom stereocenters. The summed E-state index contributed by atoms with van der Waals surface area (Å²) in [4.78, 5) is 40.2. The number of nitrogens with one attached hydrogen (secondary N) is 1. The highest BCUT2D eigenvalue weighted by molar-refractivity contribution is 5.96. The van der Waals surface area contributed by atoms with Crippen molar-refractivity contribution in [2.24, 2.45) is 5.92 Å². The molecule has 0 saturated carbocycles. The molecule has 7 nitrogen and oxygen atoms in total. The van der Waals surface area contributed by atoms with E-state index in [1.54, 1.807) is 4.90 Å². The zero-order valence-electron chi connectivity index (χ0n) is 20.4. The summed E-state index contributed by atoms with van der Waals surface area (Å²) >= 11 is 0. The Morgan fingerprint density at radius 1 is 1.03 bits per heavy atom. The minimum absolute atomic E-state index is 0.120. The van der Waals surface area contributed by atoms with Gasteiger partial charge in [-0.05, 0) is 68.1 Å². The van der Waals surface area contributed by atoms with Crippen LogP contribution in [-0.4, -0.2) is 54.6 Å². The number of likely N-dealkylation sites (tertiary alicyclic amines) is 1. The Bertz CT molecular complexity index is 1080. The van der Waals surface area contributed by atoms with Gasteiger partial charge in [0.2, 0.25) is 5.91 Å². The maximum Gasteiger partial charge on any atom is 0.410 e. The van der Waals surface area contributed by atoms with E-state index in [4.69, 9.17) is 4.74 Å². The molecule has 2 heterocycles. The van der Waals surface area contributed by atoms with E-state index < -0.39 is 5.60 Å². The lowest BCUT2D eigenvalue weighted by Gasteiger charge is -2.39. The summed E-state index contributed by atoms with van der Waals surface area (Å²) in [5.41, 5.74) is 4.40. The molecule has 4 rings (SSSR count). The Morgan fingerprint density at radius 3 is 2.35 bits per heavy atom. The first-order valence-electron chi connectivity index (χ1n) is 11.9. The lowest BCUT2D eigenvalue weighted by molar-refractivity contribution is -0.118. The molecule has 34 heavy (non-hydrogen) atoms. The second-order valence-corrected chi connectivity index (χ2v) is 10.0. The lowest BCUT2D eigenvalue weighted by Crippen LogP contribution is -2.54. The van der Waals surface area contributed by atoms with Crippen LogP contribution in [0.4, 0.5) is 10.5 Å². The maximum absolute atomic E-state index is 12.6. The third-order valence-electron chi connectivity index (χ3n) is 6.22. The Kier molecular flexibility index (Phi) is 6.64. The van der Waals surface area contributed by atoms with Gasteiger partial charge in [0, 0.05) is 49.8 Å². The molecule has 2 aliphatic rings. The molecular weight excluding hydrogens is 430 g/mol. The molecule has 1 fully saturated rings. The van der Waals surface area contributed by atoms with Crippen LogP contribution in [-0.2, 0) is 16.0 Å². The van der Waals surface area contributed by atoms with Crippen LogP contribution in [0.1, 0.15) is 50.0 Å². The fraction of sp³-hybridized carbons (Fsp3) is 0.444. The van der Waals surface area contributed by atoms with Gasteiger partial charge in [-0.2, -0.15) is 0 Å². The molecular formula is C27H33N3O4. The molecule has 3 amide bonds. The van der Waals surface area contributed by atoms with Gasteiger partial charge in [-0.15, -0.1) is 0 Å². The molecule has 0 bridgehead atoms. The summed E-state index contributed by atoms with van der Waals surface area (Å²) in [5, 5.41) is 2.97. The predicted molar refractivity (Wildman–Crippen MR) is 132 cm³/mol. The molecule has 0 atom stereocenters. The Morgan fingerprint density at radius 2 is 1.71 bits per heavy atom. The van der Waals surface area contributed by atoms with Crippen molar-refractivity contribution in [2.75, 3.05) is 31.1 Å². The number of hydrogen-bond acceptors (Lipinski definition) is 4. The van der Waals surface area contributed by atoms with Crippen LogP contribution in [0.15, 0.2) is 42.5 Å². The summed E-state index contributed by atoms with van der Waals surface area (Å²) in [7, 11) is 0. The number of nitrogens with zero attached hydrogens (tertiary/aromatic N) is 2. The van der Waals surface area contributed by atoms with Crippen molar-refractivity contribution in [3.05, 3.63) is 53.6 Å². The molecule has 7 heteroatoms. The van der Waals surface area contributed by atoms with Gasteiger partial charge in [-0.3, -0.25) is 9.59 Å². The first kappa shape index (κ1) is 23.8. The number of carbonyl (C=O) groups is 3. The van der Waals surface area contributed by atoms with Crippen molar-refractivity contribution in [3.8, 4) is 11.1 Å². The first-order chi connectivity index (χ1) is 16.1. The molecule has 1 N–H and O–H groups in total. The zero-order chi connectivity index (χ0) is 24.5. The van der Waals surface area contributed by atoms with Gasteiger partial charge < -0.3 is 19.9 Å². The second-order valence-electron chi connectivity index (χ2n) is 10.0. The van der Waals surface area contributed by atoms with E-state index in [0.717, 1.165) is 29.8 Å². The van der Waals surface area contributed by atoms with Crippen molar-refractivity contribution in [3.63, 3.8) is 0 Å². The number of amides is 3. The summed E-state index contributed by atoms with van der Waals surface area (Å²) in [6.07, 6.45) is 1.07. The van der Waals surface area contributed by atoms with E-state index in [0.29, 0.717) is 31.6 Å². The topological polar surface area (TPSA) is 79.0 Å².